The fourth-order valence-corrected chi connectivity index (χ4v) is 1.58. The molecule has 16 heavy (non-hydrogen) atoms. The molecular weight excluding hydrogens is 230 g/mol. The summed E-state index contributed by atoms with van der Waals surface area (Å²) in [6.45, 7) is 0.295. The molecule has 0 aliphatic heterocycles. The summed E-state index contributed by atoms with van der Waals surface area (Å²) in [4.78, 5) is 7.89. The van der Waals surface area contributed by atoms with Crippen molar-refractivity contribution in [2.24, 2.45) is 0 Å². The van der Waals surface area contributed by atoms with Crippen LogP contribution in [0.4, 0.5) is 11.6 Å². The molecule has 1 aromatic rings. The first-order valence-electron chi connectivity index (χ1n) is 4.72. The van der Waals surface area contributed by atoms with Crippen molar-refractivity contribution in [2.45, 2.75) is 0 Å². The number of hydrogen-bond donors (Lipinski definition) is 3. The van der Waals surface area contributed by atoms with Crippen LogP contribution in [0.5, 0.6) is 0 Å². The van der Waals surface area contributed by atoms with Crippen LogP contribution in [0.3, 0.4) is 0 Å². The molecule has 8 heteroatoms. The summed E-state index contributed by atoms with van der Waals surface area (Å²) in [7, 11) is -0.0412. The Labute approximate surface area is 94.7 Å². The average molecular weight is 245 g/mol. The molecule has 0 amide bonds. The minimum atomic E-state index is -3.18. The van der Waals surface area contributed by atoms with Crippen LogP contribution in [0, 0.1) is 0 Å². The van der Waals surface area contributed by atoms with Crippen LogP contribution in [0.15, 0.2) is 12.4 Å². The Bertz CT molecular complexity index is 434. The molecule has 0 aromatic carbocycles. The monoisotopic (exact) mass is 245 g/mol. The Morgan fingerprint density at radius 2 is 1.94 bits per heavy atom. The molecule has 90 valence electrons. The van der Waals surface area contributed by atoms with Gasteiger partial charge in [0, 0.05) is 19.7 Å². The minimum Gasteiger partial charge on any atom is -0.373 e. The molecule has 0 fully saturated rings. The van der Waals surface area contributed by atoms with Gasteiger partial charge in [-0.15, -0.1) is 0 Å². The van der Waals surface area contributed by atoms with E-state index < -0.39 is 10.0 Å². The van der Waals surface area contributed by atoms with Gasteiger partial charge in [-0.1, -0.05) is 0 Å². The number of hydrogen-bond acceptors (Lipinski definition) is 6. The van der Waals surface area contributed by atoms with Gasteiger partial charge in [0.2, 0.25) is 10.0 Å². The number of sulfonamides is 1. The molecule has 0 saturated carbocycles. The first-order valence-corrected chi connectivity index (χ1v) is 6.37. The molecule has 0 spiro atoms. The number of aromatic nitrogens is 2. The fraction of sp³-hybridized carbons (Fsp3) is 0.500. The van der Waals surface area contributed by atoms with E-state index >= 15 is 0 Å². The van der Waals surface area contributed by atoms with Crippen LogP contribution in [-0.4, -0.2) is 44.8 Å². The first-order chi connectivity index (χ1) is 7.57. The van der Waals surface area contributed by atoms with Gasteiger partial charge < -0.3 is 10.6 Å². The molecule has 0 saturated heterocycles. The highest BCUT2D eigenvalue weighted by atomic mass is 32.2. The standard InChI is InChI=1S/C8H15N5O2S/c1-9-7-5-8(13-6-12-7)11-3-4-16(14,15)10-2/h5-6,10H,3-4H2,1-2H3,(H2,9,11,12,13). The van der Waals surface area contributed by atoms with Crippen molar-refractivity contribution < 1.29 is 8.42 Å². The van der Waals surface area contributed by atoms with Crippen molar-refractivity contribution in [3.8, 4) is 0 Å². The molecule has 7 nitrogen and oxygen atoms in total. The van der Waals surface area contributed by atoms with Gasteiger partial charge in [-0.2, -0.15) is 0 Å². The second-order valence-electron chi connectivity index (χ2n) is 2.99. The van der Waals surface area contributed by atoms with E-state index in [-0.39, 0.29) is 5.75 Å². The number of nitrogens with zero attached hydrogens (tertiary/aromatic N) is 2. The highest BCUT2D eigenvalue weighted by Gasteiger charge is 2.06. The summed E-state index contributed by atoms with van der Waals surface area (Å²) < 4.78 is 24.5. The van der Waals surface area contributed by atoms with E-state index in [1.807, 2.05) is 0 Å². The van der Waals surface area contributed by atoms with Crippen molar-refractivity contribution in [1.29, 1.82) is 0 Å². The summed E-state index contributed by atoms with van der Waals surface area (Å²) in [6.07, 6.45) is 1.40. The van der Waals surface area contributed by atoms with Gasteiger partial charge in [0.1, 0.15) is 18.0 Å². The zero-order valence-corrected chi connectivity index (χ0v) is 10.0. The van der Waals surface area contributed by atoms with Crippen LogP contribution in [-0.2, 0) is 10.0 Å². The lowest BCUT2D eigenvalue weighted by molar-refractivity contribution is 0.588. The summed E-state index contributed by atoms with van der Waals surface area (Å²) in [5, 5.41) is 5.76. The topological polar surface area (TPSA) is 96.0 Å². The molecule has 1 rings (SSSR count). The third-order valence-corrected chi connectivity index (χ3v) is 3.27. The van der Waals surface area contributed by atoms with Gasteiger partial charge in [-0.05, 0) is 7.05 Å². The van der Waals surface area contributed by atoms with E-state index in [1.165, 1.54) is 13.4 Å². The van der Waals surface area contributed by atoms with Gasteiger partial charge in [0.25, 0.3) is 0 Å². The predicted molar refractivity (Wildman–Crippen MR) is 62.9 cm³/mol. The lowest BCUT2D eigenvalue weighted by atomic mass is 10.5. The Morgan fingerprint density at radius 1 is 1.25 bits per heavy atom. The minimum absolute atomic E-state index is 0.00237. The van der Waals surface area contributed by atoms with E-state index in [9.17, 15) is 8.42 Å². The van der Waals surface area contributed by atoms with Gasteiger partial charge in [0.15, 0.2) is 0 Å². The summed E-state index contributed by atoms with van der Waals surface area (Å²) in [6, 6.07) is 1.70. The van der Waals surface area contributed by atoms with Crippen LogP contribution in [0.25, 0.3) is 0 Å². The smallest absolute Gasteiger partial charge is 0.213 e. The highest BCUT2D eigenvalue weighted by Crippen LogP contribution is 2.06. The quantitative estimate of drug-likeness (QED) is 0.624. The van der Waals surface area contributed by atoms with Crippen LogP contribution < -0.4 is 15.4 Å². The van der Waals surface area contributed by atoms with Crippen molar-refractivity contribution in [2.75, 3.05) is 37.0 Å². The predicted octanol–water partition coefficient (Wildman–Crippen LogP) is -0.521. The fourth-order valence-electron chi connectivity index (χ4n) is 1.01. The van der Waals surface area contributed by atoms with Crippen LogP contribution in [0.2, 0.25) is 0 Å². The number of nitrogens with one attached hydrogen (secondary N) is 3. The lowest BCUT2D eigenvalue weighted by Crippen LogP contribution is -2.26. The average Bonchev–Trinajstić information content (AvgIpc) is 2.29. The van der Waals surface area contributed by atoms with Gasteiger partial charge in [-0.3, -0.25) is 0 Å². The number of anilines is 2. The van der Waals surface area contributed by atoms with Crippen molar-refractivity contribution in [3.05, 3.63) is 12.4 Å². The van der Waals surface area contributed by atoms with Gasteiger partial charge in [-0.25, -0.2) is 23.1 Å². The third-order valence-electron chi connectivity index (χ3n) is 1.91. The molecular formula is C8H15N5O2S. The second-order valence-corrected chi connectivity index (χ2v) is 5.03. The van der Waals surface area contributed by atoms with Crippen molar-refractivity contribution in [1.82, 2.24) is 14.7 Å². The Hall–Kier alpha value is -1.41. The van der Waals surface area contributed by atoms with Crippen molar-refractivity contribution >= 4 is 21.7 Å². The van der Waals surface area contributed by atoms with E-state index in [2.05, 4.69) is 25.3 Å². The molecule has 0 bridgehead atoms. The molecule has 1 aromatic heterocycles. The molecule has 1 heterocycles. The van der Waals surface area contributed by atoms with E-state index in [0.29, 0.717) is 18.2 Å². The molecule has 0 radical (unpaired) electrons. The van der Waals surface area contributed by atoms with E-state index in [4.69, 9.17) is 0 Å². The lowest BCUT2D eigenvalue weighted by Gasteiger charge is -2.06. The van der Waals surface area contributed by atoms with Crippen LogP contribution >= 0.6 is 0 Å². The maximum Gasteiger partial charge on any atom is 0.213 e. The summed E-state index contributed by atoms with van der Waals surface area (Å²) in [5.74, 6) is 1.27. The zero-order valence-electron chi connectivity index (χ0n) is 9.19. The Balaban J connectivity index is 2.49. The Kier molecular flexibility index (Phi) is 4.44. The molecule has 0 aliphatic carbocycles. The third kappa shape index (κ3) is 3.99. The van der Waals surface area contributed by atoms with Gasteiger partial charge >= 0.3 is 0 Å². The molecule has 3 N–H and O–H groups in total. The SMILES string of the molecule is CNc1cc(NCCS(=O)(=O)NC)ncn1. The van der Waals surface area contributed by atoms with Crippen LogP contribution in [0.1, 0.15) is 0 Å². The zero-order chi connectivity index (χ0) is 12.0. The van der Waals surface area contributed by atoms with E-state index in [1.54, 1.807) is 13.1 Å². The number of rotatable bonds is 6. The first kappa shape index (κ1) is 12.7. The summed E-state index contributed by atoms with van der Waals surface area (Å²) >= 11 is 0. The van der Waals surface area contributed by atoms with Crippen molar-refractivity contribution in [3.63, 3.8) is 0 Å². The van der Waals surface area contributed by atoms with E-state index in [0.717, 1.165) is 0 Å². The largest absolute Gasteiger partial charge is 0.373 e. The summed E-state index contributed by atoms with van der Waals surface area (Å²) in [5.41, 5.74) is 0. The molecule has 0 unspecified atom stereocenters. The van der Waals surface area contributed by atoms with Gasteiger partial charge in [0.05, 0.1) is 5.75 Å². The maximum absolute atomic E-state index is 11.1. The molecule has 0 aliphatic rings. The molecule has 0 atom stereocenters. The maximum atomic E-state index is 11.1. The highest BCUT2D eigenvalue weighted by molar-refractivity contribution is 7.89. The Morgan fingerprint density at radius 3 is 2.56 bits per heavy atom. The second kappa shape index (κ2) is 5.61. The normalized spacial score (nSPS) is 11.1.